The van der Waals surface area contributed by atoms with Gasteiger partial charge in [-0.2, -0.15) is 0 Å². The Morgan fingerprint density at radius 3 is 1.50 bits per heavy atom. The zero-order chi connectivity index (χ0) is 28.6. The number of esters is 3. The van der Waals surface area contributed by atoms with Crippen molar-refractivity contribution in [1.82, 2.24) is 0 Å². The van der Waals surface area contributed by atoms with E-state index >= 15 is 0 Å². The van der Waals surface area contributed by atoms with E-state index in [0.717, 1.165) is 18.9 Å². The third-order valence-electron chi connectivity index (χ3n) is 5.66. The number of rotatable bonds is 16. The molecule has 0 saturated carbocycles. The fourth-order valence-corrected chi connectivity index (χ4v) is 3.48. The van der Waals surface area contributed by atoms with Crippen molar-refractivity contribution in [3.63, 3.8) is 0 Å². The van der Waals surface area contributed by atoms with Gasteiger partial charge < -0.3 is 23.7 Å². The average molecular weight is 547 g/mol. The quantitative estimate of drug-likeness (QED) is 0.0860. The summed E-state index contributed by atoms with van der Waals surface area (Å²) >= 11 is 0. The number of hydrogen-bond donors (Lipinski definition) is 0. The topological polar surface area (TPSA) is 97.4 Å². The predicted octanol–water partition coefficient (Wildman–Crippen LogP) is 6.58. The minimum atomic E-state index is -0.541. The van der Waals surface area contributed by atoms with Crippen LogP contribution in [0.15, 0.2) is 85.5 Å². The van der Waals surface area contributed by atoms with Gasteiger partial charge in [0.15, 0.2) is 0 Å². The van der Waals surface area contributed by atoms with E-state index in [1.165, 1.54) is 12.8 Å². The lowest BCUT2D eigenvalue weighted by Gasteiger charge is -2.09. The van der Waals surface area contributed by atoms with Crippen molar-refractivity contribution in [2.75, 3.05) is 19.8 Å². The molecule has 0 fully saturated rings. The maximum Gasteiger partial charge on any atom is 0.343 e. The van der Waals surface area contributed by atoms with Crippen LogP contribution >= 0.6 is 0 Å². The highest BCUT2D eigenvalue weighted by molar-refractivity contribution is 5.92. The molecular weight excluding hydrogens is 512 g/mol. The summed E-state index contributed by atoms with van der Waals surface area (Å²) in [5.41, 5.74) is 0.744. The van der Waals surface area contributed by atoms with E-state index in [1.54, 1.807) is 72.8 Å². The van der Waals surface area contributed by atoms with Gasteiger partial charge in [0.25, 0.3) is 0 Å². The molecule has 3 rings (SSSR count). The van der Waals surface area contributed by atoms with Crippen LogP contribution in [0.5, 0.6) is 23.0 Å². The second-order valence-corrected chi connectivity index (χ2v) is 8.78. The van der Waals surface area contributed by atoms with Gasteiger partial charge in [-0.1, -0.05) is 32.8 Å². The Hall–Kier alpha value is -4.59. The average Bonchev–Trinajstić information content (AvgIpc) is 2.98. The Bertz CT molecular complexity index is 1230. The lowest BCUT2D eigenvalue weighted by molar-refractivity contribution is -0.137. The van der Waals surface area contributed by atoms with E-state index in [4.69, 9.17) is 23.7 Å². The molecule has 0 heterocycles. The standard InChI is InChI=1S/C32H34O8/c1-3-5-6-7-21-36-26-13-9-24(10-14-26)31(34)39-28-17-19-29(20-18-28)40-32(35)25-11-15-27(16-12-25)37-22-8-23-38-30(33)4-2/h4,9-20H,2-3,5-8,21-23H2,1H3. The Morgan fingerprint density at radius 2 is 1.05 bits per heavy atom. The first-order valence-corrected chi connectivity index (χ1v) is 13.3. The van der Waals surface area contributed by atoms with Gasteiger partial charge in [-0.15, -0.1) is 0 Å². The highest BCUT2D eigenvalue weighted by Crippen LogP contribution is 2.21. The van der Waals surface area contributed by atoms with E-state index in [1.807, 2.05) is 0 Å². The monoisotopic (exact) mass is 546 g/mol. The number of ether oxygens (including phenoxy) is 5. The second-order valence-electron chi connectivity index (χ2n) is 8.78. The molecule has 3 aromatic carbocycles. The lowest BCUT2D eigenvalue weighted by Crippen LogP contribution is -2.10. The first kappa shape index (κ1) is 30.0. The van der Waals surface area contributed by atoms with Gasteiger partial charge in [-0.05, 0) is 79.2 Å². The van der Waals surface area contributed by atoms with Crippen LogP contribution in [0.3, 0.4) is 0 Å². The number of hydrogen-bond acceptors (Lipinski definition) is 8. The molecule has 0 aliphatic carbocycles. The SMILES string of the molecule is C=CC(=O)OCCCOc1ccc(C(=O)Oc2ccc(OC(=O)c3ccc(OCCCCCC)cc3)cc2)cc1. The van der Waals surface area contributed by atoms with Crippen molar-refractivity contribution in [3.8, 4) is 23.0 Å². The molecule has 0 saturated heterocycles. The summed E-state index contributed by atoms with van der Waals surface area (Å²) in [6, 6.07) is 19.5. The van der Waals surface area contributed by atoms with E-state index in [0.29, 0.717) is 53.8 Å². The summed E-state index contributed by atoms with van der Waals surface area (Å²) in [6.45, 7) is 6.73. The summed E-state index contributed by atoms with van der Waals surface area (Å²) in [5.74, 6) is 0.396. The predicted molar refractivity (Wildman–Crippen MR) is 150 cm³/mol. The summed E-state index contributed by atoms with van der Waals surface area (Å²) < 4.78 is 27.0. The van der Waals surface area contributed by atoms with Crippen molar-refractivity contribution in [3.05, 3.63) is 96.6 Å². The minimum absolute atomic E-state index is 0.231. The van der Waals surface area contributed by atoms with Crippen LogP contribution in [0.1, 0.15) is 59.7 Å². The maximum atomic E-state index is 12.5. The highest BCUT2D eigenvalue weighted by Gasteiger charge is 2.12. The number of carbonyl (C=O) groups excluding carboxylic acids is 3. The van der Waals surface area contributed by atoms with Crippen LogP contribution in [0.2, 0.25) is 0 Å². The van der Waals surface area contributed by atoms with E-state index < -0.39 is 17.9 Å². The summed E-state index contributed by atoms with van der Waals surface area (Å²) in [7, 11) is 0. The summed E-state index contributed by atoms with van der Waals surface area (Å²) in [5, 5.41) is 0. The van der Waals surface area contributed by atoms with Gasteiger partial charge in [0.1, 0.15) is 23.0 Å². The molecule has 0 unspecified atom stereocenters. The summed E-state index contributed by atoms with van der Waals surface area (Å²) in [4.78, 5) is 36.0. The van der Waals surface area contributed by atoms with Crippen LogP contribution in [0, 0.1) is 0 Å². The Kier molecular flexibility index (Phi) is 12.3. The number of unbranched alkanes of at least 4 members (excludes halogenated alkanes) is 3. The first-order chi connectivity index (χ1) is 19.5. The van der Waals surface area contributed by atoms with E-state index in [2.05, 4.69) is 13.5 Å². The normalized spacial score (nSPS) is 10.3. The van der Waals surface area contributed by atoms with Gasteiger partial charge >= 0.3 is 17.9 Å². The third kappa shape index (κ3) is 10.3. The Morgan fingerprint density at radius 1 is 0.600 bits per heavy atom. The van der Waals surface area contributed by atoms with Crippen molar-refractivity contribution >= 4 is 17.9 Å². The molecule has 0 spiro atoms. The molecule has 0 aliphatic rings. The second kappa shape index (κ2) is 16.4. The molecule has 0 aromatic heterocycles. The zero-order valence-corrected chi connectivity index (χ0v) is 22.6. The fourth-order valence-electron chi connectivity index (χ4n) is 3.48. The van der Waals surface area contributed by atoms with Gasteiger partial charge in [-0.3, -0.25) is 0 Å². The van der Waals surface area contributed by atoms with Crippen LogP contribution in [0.25, 0.3) is 0 Å². The molecule has 210 valence electrons. The molecule has 0 aliphatic heterocycles. The fraction of sp³-hybridized carbons (Fsp3) is 0.281. The van der Waals surface area contributed by atoms with E-state index in [-0.39, 0.29) is 6.61 Å². The molecular formula is C32H34O8. The molecule has 8 heteroatoms. The molecule has 0 amide bonds. The van der Waals surface area contributed by atoms with Crippen molar-refractivity contribution in [2.24, 2.45) is 0 Å². The highest BCUT2D eigenvalue weighted by atomic mass is 16.5. The van der Waals surface area contributed by atoms with Gasteiger partial charge in [-0.25, -0.2) is 14.4 Å². The van der Waals surface area contributed by atoms with Crippen molar-refractivity contribution < 1.29 is 38.1 Å². The van der Waals surface area contributed by atoms with Crippen molar-refractivity contribution in [1.29, 1.82) is 0 Å². The first-order valence-electron chi connectivity index (χ1n) is 13.3. The lowest BCUT2D eigenvalue weighted by atomic mass is 10.2. The maximum absolute atomic E-state index is 12.5. The number of benzene rings is 3. The molecule has 8 nitrogen and oxygen atoms in total. The molecule has 0 atom stereocenters. The van der Waals surface area contributed by atoms with Crippen molar-refractivity contribution in [2.45, 2.75) is 39.0 Å². The van der Waals surface area contributed by atoms with Crippen LogP contribution in [-0.2, 0) is 9.53 Å². The smallest absolute Gasteiger partial charge is 0.343 e. The van der Waals surface area contributed by atoms with Crippen LogP contribution in [0.4, 0.5) is 0 Å². The van der Waals surface area contributed by atoms with Gasteiger partial charge in [0, 0.05) is 12.5 Å². The molecule has 3 aromatic rings. The van der Waals surface area contributed by atoms with E-state index in [9.17, 15) is 14.4 Å². The molecule has 0 N–H and O–H groups in total. The third-order valence-corrected chi connectivity index (χ3v) is 5.66. The largest absolute Gasteiger partial charge is 0.494 e. The minimum Gasteiger partial charge on any atom is -0.494 e. The molecule has 0 radical (unpaired) electrons. The van der Waals surface area contributed by atoms with Gasteiger partial charge in [0.05, 0.1) is 30.9 Å². The van der Waals surface area contributed by atoms with Gasteiger partial charge in [0.2, 0.25) is 0 Å². The Balaban J connectivity index is 1.42. The Labute approximate surface area is 234 Å². The zero-order valence-electron chi connectivity index (χ0n) is 22.6. The summed E-state index contributed by atoms with van der Waals surface area (Å²) in [6.07, 6.45) is 6.15. The van der Waals surface area contributed by atoms with Crippen LogP contribution in [-0.4, -0.2) is 37.7 Å². The molecule has 40 heavy (non-hydrogen) atoms. The number of carbonyl (C=O) groups is 3. The van der Waals surface area contributed by atoms with Crippen LogP contribution < -0.4 is 18.9 Å². The molecule has 0 bridgehead atoms.